The molecule has 1 N–H and O–H groups in total. The largest absolute Gasteiger partial charge is 0.484 e. The molecule has 162 valence electrons. The van der Waals surface area contributed by atoms with Crippen molar-refractivity contribution in [3.8, 4) is 5.75 Å². The lowest BCUT2D eigenvalue weighted by Gasteiger charge is -2.31. The maximum atomic E-state index is 13.3. The number of halogens is 1. The molecule has 0 aromatic heterocycles. The van der Waals surface area contributed by atoms with E-state index in [1.807, 2.05) is 45.0 Å². The molecule has 0 aliphatic rings. The summed E-state index contributed by atoms with van der Waals surface area (Å²) in [5.74, 6) is -0.344. The first-order chi connectivity index (χ1) is 14.1. The second kappa shape index (κ2) is 10.2. The molecule has 0 aliphatic carbocycles. The van der Waals surface area contributed by atoms with Gasteiger partial charge in [-0.2, -0.15) is 0 Å². The van der Waals surface area contributed by atoms with E-state index in [4.69, 9.17) is 4.74 Å². The number of benzene rings is 2. The van der Waals surface area contributed by atoms with Crippen LogP contribution in [0.2, 0.25) is 0 Å². The topological polar surface area (TPSA) is 58.6 Å². The third-order valence-electron chi connectivity index (χ3n) is 4.63. The summed E-state index contributed by atoms with van der Waals surface area (Å²) in [6.45, 7) is 9.37. The summed E-state index contributed by atoms with van der Waals surface area (Å²) in [6.07, 6.45) is 0.922. The molecule has 0 unspecified atom stereocenters. The fourth-order valence-corrected chi connectivity index (χ4v) is 2.89. The first-order valence-corrected chi connectivity index (χ1v) is 10.2. The average molecular weight is 415 g/mol. The van der Waals surface area contributed by atoms with Gasteiger partial charge in [0.15, 0.2) is 6.61 Å². The maximum absolute atomic E-state index is 13.3. The van der Waals surface area contributed by atoms with Crippen molar-refractivity contribution < 1.29 is 18.7 Å². The summed E-state index contributed by atoms with van der Waals surface area (Å²) in [4.78, 5) is 27.1. The van der Waals surface area contributed by atoms with Gasteiger partial charge in [0.1, 0.15) is 17.6 Å². The molecule has 2 rings (SSSR count). The maximum Gasteiger partial charge on any atom is 0.261 e. The highest BCUT2D eigenvalue weighted by Gasteiger charge is 2.28. The summed E-state index contributed by atoms with van der Waals surface area (Å²) < 4.78 is 18.9. The van der Waals surface area contributed by atoms with Gasteiger partial charge in [-0.1, -0.05) is 31.2 Å². The van der Waals surface area contributed by atoms with Crippen LogP contribution >= 0.6 is 0 Å². The van der Waals surface area contributed by atoms with Gasteiger partial charge in [-0.25, -0.2) is 4.39 Å². The minimum absolute atomic E-state index is 0.177. The Balaban J connectivity index is 2.14. The van der Waals surface area contributed by atoms with Crippen LogP contribution in [0.5, 0.6) is 5.75 Å². The fraction of sp³-hybridized carbons (Fsp3) is 0.417. The highest BCUT2D eigenvalue weighted by Crippen LogP contribution is 2.15. The first kappa shape index (κ1) is 23.4. The molecule has 0 aliphatic heterocycles. The van der Waals surface area contributed by atoms with Crippen molar-refractivity contribution in [3.05, 3.63) is 65.5 Å². The van der Waals surface area contributed by atoms with E-state index in [0.29, 0.717) is 5.75 Å². The van der Waals surface area contributed by atoms with Gasteiger partial charge in [0.25, 0.3) is 5.91 Å². The number of amides is 2. The van der Waals surface area contributed by atoms with Crippen LogP contribution in [0.3, 0.4) is 0 Å². The molecule has 2 aromatic rings. The molecule has 0 saturated carbocycles. The summed E-state index contributed by atoms with van der Waals surface area (Å²) >= 11 is 0. The number of hydrogen-bond donors (Lipinski definition) is 1. The van der Waals surface area contributed by atoms with Gasteiger partial charge >= 0.3 is 0 Å². The number of nitrogens with zero attached hydrogens (tertiary/aromatic N) is 1. The zero-order valence-electron chi connectivity index (χ0n) is 18.4. The van der Waals surface area contributed by atoms with Crippen molar-refractivity contribution in [3.63, 3.8) is 0 Å². The van der Waals surface area contributed by atoms with E-state index >= 15 is 0 Å². The van der Waals surface area contributed by atoms with Gasteiger partial charge in [0.05, 0.1) is 0 Å². The number of rotatable bonds is 8. The van der Waals surface area contributed by atoms with Crippen LogP contribution in [0.4, 0.5) is 4.39 Å². The third-order valence-corrected chi connectivity index (χ3v) is 4.63. The van der Waals surface area contributed by atoms with Gasteiger partial charge in [-0.15, -0.1) is 0 Å². The van der Waals surface area contributed by atoms with Gasteiger partial charge < -0.3 is 15.0 Å². The van der Waals surface area contributed by atoms with E-state index in [0.717, 1.165) is 12.0 Å². The quantitative estimate of drug-likeness (QED) is 0.708. The molecule has 0 heterocycles. The molecule has 30 heavy (non-hydrogen) atoms. The van der Waals surface area contributed by atoms with Crippen molar-refractivity contribution in [1.82, 2.24) is 10.2 Å². The van der Waals surface area contributed by atoms with Crippen LogP contribution in [0.1, 0.15) is 45.7 Å². The van der Waals surface area contributed by atoms with Crippen molar-refractivity contribution in [2.45, 2.75) is 59.2 Å². The molecule has 6 heteroatoms. The second-order valence-electron chi connectivity index (χ2n) is 8.35. The molecule has 0 radical (unpaired) electrons. The van der Waals surface area contributed by atoms with Crippen LogP contribution in [-0.2, 0) is 22.6 Å². The molecule has 2 aromatic carbocycles. The molecule has 1 atom stereocenters. The number of aryl methyl sites for hydroxylation is 1. The smallest absolute Gasteiger partial charge is 0.261 e. The predicted molar refractivity (Wildman–Crippen MR) is 116 cm³/mol. The Labute approximate surface area is 178 Å². The summed E-state index contributed by atoms with van der Waals surface area (Å²) in [7, 11) is 0. The molecule has 0 saturated heterocycles. The molecule has 5 nitrogen and oxygen atoms in total. The lowest BCUT2D eigenvalue weighted by molar-refractivity contribution is -0.142. The third kappa shape index (κ3) is 7.17. The highest BCUT2D eigenvalue weighted by molar-refractivity contribution is 5.88. The predicted octanol–water partition coefficient (Wildman–Crippen LogP) is 4.10. The van der Waals surface area contributed by atoms with Crippen LogP contribution in [0.25, 0.3) is 0 Å². The molecular weight excluding hydrogens is 383 g/mol. The highest BCUT2D eigenvalue weighted by atomic mass is 19.1. The van der Waals surface area contributed by atoms with E-state index in [1.165, 1.54) is 22.6 Å². The summed E-state index contributed by atoms with van der Waals surface area (Å²) in [5.41, 5.74) is 1.49. The van der Waals surface area contributed by atoms with Crippen molar-refractivity contribution in [2.75, 3.05) is 6.61 Å². The Kier molecular flexibility index (Phi) is 7.98. The Morgan fingerprint density at radius 2 is 1.60 bits per heavy atom. The average Bonchev–Trinajstić information content (AvgIpc) is 2.70. The monoisotopic (exact) mass is 414 g/mol. The zero-order valence-corrected chi connectivity index (χ0v) is 18.4. The standard InChI is InChI=1S/C24H31FN2O3/c1-6-18-9-13-21(14-10-18)30-16-22(28)27(15-19-7-11-20(25)12-8-19)17(2)23(29)26-24(3,4)5/h7-14,17H,6,15-16H2,1-5H3,(H,26,29)/t17-/m1/s1. The molecule has 0 spiro atoms. The normalized spacial score (nSPS) is 12.2. The summed E-state index contributed by atoms with van der Waals surface area (Å²) in [6, 6.07) is 12.7. The van der Waals surface area contributed by atoms with Gasteiger partial charge in [-0.05, 0) is 69.5 Å². The first-order valence-electron chi connectivity index (χ1n) is 10.2. The lowest BCUT2D eigenvalue weighted by atomic mass is 10.1. The minimum atomic E-state index is -0.715. The van der Waals surface area contributed by atoms with E-state index in [-0.39, 0.29) is 30.8 Å². The van der Waals surface area contributed by atoms with Gasteiger partial charge in [0.2, 0.25) is 5.91 Å². The fourth-order valence-electron chi connectivity index (χ4n) is 2.89. The second-order valence-corrected chi connectivity index (χ2v) is 8.35. The number of ether oxygens (including phenoxy) is 1. The zero-order chi connectivity index (χ0) is 22.3. The van der Waals surface area contributed by atoms with E-state index in [2.05, 4.69) is 12.2 Å². The SMILES string of the molecule is CCc1ccc(OCC(=O)N(Cc2ccc(F)cc2)[C@H](C)C(=O)NC(C)(C)C)cc1. The van der Waals surface area contributed by atoms with Crippen molar-refractivity contribution in [2.24, 2.45) is 0 Å². The number of carbonyl (C=O) groups excluding carboxylic acids is 2. The van der Waals surface area contributed by atoms with Gasteiger partial charge in [0, 0.05) is 12.1 Å². The van der Waals surface area contributed by atoms with E-state index in [1.54, 1.807) is 19.1 Å². The molecule has 2 amide bonds. The van der Waals surface area contributed by atoms with Crippen LogP contribution < -0.4 is 10.1 Å². The van der Waals surface area contributed by atoms with Crippen LogP contribution in [-0.4, -0.2) is 34.9 Å². The Morgan fingerprint density at radius 3 is 2.13 bits per heavy atom. The van der Waals surface area contributed by atoms with Gasteiger partial charge in [-0.3, -0.25) is 9.59 Å². The van der Waals surface area contributed by atoms with E-state index < -0.39 is 11.6 Å². The molecule has 0 bridgehead atoms. The number of nitrogens with one attached hydrogen (secondary N) is 1. The Hall–Kier alpha value is -2.89. The Bertz CT molecular complexity index is 842. The minimum Gasteiger partial charge on any atom is -0.484 e. The Morgan fingerprint density at radius 1 is 1.03 bits per heavy atom. The van der Waals surface area contributed by atoms with Crippen molar-refractivity contribution in [1.29, 1.82) is 0 Å². The number of hydrogen-bond acceptors (Lipinski definition) is 3. The lowest BCUT2D eigenvalue weighted by Crippen LogP contribution is -2.53. The van der Waals surface area contributed by atoms with Crippen molar-refractivity contribution >= 4 is 11.8 Å². The van der Waals surface area contributed by atoms with Crippen LogP contribution in [0.15, 0.2) is 48.5 Å². The summed E-state index contributed by atoms with van der Waals surface area (Å²) in [5, 5.41) is 2.90. The molecule has 0 fully saturated rings. The van der Waals surface area contributed by atoms with Crippen LogP contribution in [0, 0.1) is 5.82 Å². The van der Waals surface area contributed by atoms with E-state index in [9.17, 15) is 14.0 Å². The number of carbonyl (C=O) groups is 2. The molecular formula is C24H31FN2O3.